The van der Waals surface area contributed by atoms with Crippen molar-refractivity contribution in [2.75, 3.05) is 37.4 Å². The number of benzene rings is 2. The molecule has 0 bridgehead atoms. The van der Waals surface area contributed by atoms with Crippen LogP contribution in [0.25, 0.3) is 0 Å². The molecule has 0 fully saturated rings. The van der Waals surface area contributed by atoms with Crippen LogP contribution in [0.4, 0.5) is 11.4 Å². The van der Waals surface area contributed by atoms with Gasteiger partial charge in [0.1, 0.15) is 30.3 Å². The normalized spacial score (nSPS) is 10.9. The number of nitrogens with zero attached hydrogens (tertiary/aromatic N) is 2. The van der Waals surface area contributed by atoms with Crippen LogP contribution in [0.3, 0.4) is 0 Å². The number of nitrogens with one attached hydrogen (secondary N) is 1. The zero-order valence-electron chi connectivity index (χ0n) is 16.2. The zero-order valence-corrected chi connectivity index (χ0v) is 17.8. The summed E-state index contributed by atoms with van der Waals surface area (Å²) in [6.45, 7) is -0.325. The van der Waals surface area contributed by atoms with Gasteiger partial charge in [-0.05, 0) is 30.3 Å². The van der Waals surface area contributed by atoms with Crippen molar-refractivity contribution >= 4 is 38.9 Å². The highest BCUT2D eigenvalue weighted by Gasteiger charge is 2.26. The van der Waals surface area contributed by atoms with Crippen LogP contribution in [0.1, 0.15) is 0 Å². The number of amides is 1. The quantitative estimate of drug-likeness (QED) is 0.329. The predicted molar refractivity (Wildman–Crippen MR) is 112 cm³/mol. The Hall–Kier alpha value is -3.05. The highest BCUT2D eigenvalue weighted by Crippen LogP contribution is 2.33. The number of hydrogen-bond donors (Lipinski definition) is 1. The fourth-order valence-electron chi connectivity index (χ4n) is 2.44. The van der Waals surface area contributed by atoms with Gasteiger partial charge in [0, 0.05) is 17.2 Å². The summed E-state index contributed by atoms with van der Waals surface area (Å²) in [4.78, 5) is 22.7. The molecule has 0 aliphatic carbocycles. The van der Waals surface area contributed by atoms with E-state index in [0.29, 0.717) is 10.8 Å². The average Bonchev–Trinajstić information content (AvgIpc) is 2.69. The number of hydrogen-bond acceptors (Lipinski definition) is 7. The molecular formula is C18H20ClN3O7S. The van der Waals surface area contributed by atoms with Gasteiger partial charge < -0.3 is 14.8 Å². The molecule has 0 saturated carbocycles. The van der Waals surface area contributed by atoms with Crippen LogP contribution >= 0.6 is 11.6 Å². The Kier molecular flexibility index (Phi) is 7.84. The van der Waals surface area contributed by atoms with Crippen LogP contribution in [0.15, 0.2) is 42.5 Å². The van der Waals surface area contributed by atoms with E-state index in [4.69, 9.17) is 21.1 Å². The molecule has 0 spiro atoms. The van der Waals surface area contributed by atoms with Crippen molar-refractivity contribution < 1.29 is 27.6 Å². The van der Waals surface area contributed by atoms with Gasteiger partial charge in [-0.25, -0.2) is 8.42 Å². The second kappa shape index (κ2) is 10.1. The van der Waals surface area contributed by atoms with Crippen molar-refractivity contribution in [3.05, 3.63) is 57.6 Å². The molecule has 0 radical (unpaired) electrons. The van der Waals surface area contributed by atoms with Gasteiger partial charge in [-0.3, -0.25) is 19.2 Å². The summed E-state index contributed by atoms with van der Waals surface area (Å²) in [6.07, 6.45) is 0.891. The number of non-ortho nitro benzene ring substituents is 1. The fourth-order valence-corrected chi connectivity index (χ4v) is 3.42. The van der Waals surface area contributed by atoms with E-state index >= 15 is 0 Å². The molecule has 12 heteroatoms. The van der Waals surface area contributed by atoms with Gasteiger partial charge in [0.2, 0.25) is 15.9 Å². The Morgan fingerprint density at radius 1 is 1.23 bits per heavy atom. The molecule has 1 N–H and O–H groups in total. The Morgan fingerprint density at radius 3 is 2.47 bits per heavy atom. The predicted octanol–water partition coefficient (Wildman–Crippen LogP) is 2.22. The molecular weight excluding hydrogens is 438 g/mol. The third-order valence-corrected chi connectivity index (χ3v) is 5.21. The summed E-state index contributed by atoms with van der Waals surface area (Å²) in [5.41, 5.74) is -0.446. The Morgan fingerprint density at radius 2 is 1.90 bits per heavy atom. The number of halogens is 1. The van der Waals surface area contributed by atoms with Crippen molar-refractivity contribution in [1.82, 2.24) is 5.32 Å². The van der Waals surface area contributed by atoms with E-state index in [1.54, 1.807) is 24.3 Å². The highest BCUT2D eigenvalue weighted by molar-refractivity contribution is 7.92. The van der Waals surface area contributed by atoms with Gasteiger partial charge in [-0.1, -0.05) is 11.6 Å². The number of carbonyl (C=O) groups is 1. The van der Waals surface area contributed by atoms with E-state index in [9.17, 15) is 23.3 Å². The van der Waals surface area contributed by atoms with Crippen molar-refractivity contribution in [3.8, 4) is 11.5 Å². The molecule has 0 aromatic heterocycles. The first-order valence-electron chi connectivity index (χ1n) is 8.57. The van der Waals surface area contributed by atoms with Crippen LogP contribution < -0.4 is 19.1 Å². The topological polar surface area (TPSA) is 128 Å². The fraction of sp³-hybridized carbons (Fsp3) is 0.278. The first kappa shape index (κ1) is 23.2. The number of rotatable bonds is 10. The minimum atomic E-state index is -3.94. The molecule has 2 aromatic carbocycles. The van der Waals surface area contributed by atoms with E-state index in [2.05, 4.69) is 5.32 Å². The van der Waals surface area contributed by atoms with Gasteiger partial charge in [-0.15, -0.1) is 0 Å². The monoisotopic (exact) mass is 457 g/mol. The second-order valence-electron chi connectivity index (χ2n) is 6.04. The number of nitro benzene ring substituents is 1. The SMILES string of the molecule is COc1ccc([N+](=O)[O-])cc1N(CC(=O)NCCOc1ccc(Cl)cc1)S(C)(=O)=O. The van der Waals surface area contributed by atoms with Crippen molar-refractivity contribution in [2.24, 2.45) is 0 Å². The molecule has 2 aromatic rings. The molecule has 0 aliphatic rings. The third-order valence-electron chi connectivity index (χ3n) is 3.84. The molecule has 162 valence electrons. The molecule has 0 heterocycles. The standard InChI is InChI=1S/C18H20ClN3O7S/c1-28-17-8-5-14(22(24)25)11-16(17)21(30(2,26)27)12-18(23)20-9-10-29-15-6-3-13(19)4-7-15/h3-8,11H,9-10,12H2,1-2H3,(H,20,23). The largest absolute Gasteiger partial charge is 0.495 e. The number of ether oxygens (including phenoxy) is 2. The molecule has 0 atom stereocenters. The maximum absolute atomic E-state index is 12.3. The number of sulfonamides is 1. The van der Waals surface area contributed by atoms with Crippen LogP contribution in [0.5, 0.6) is 11.5 Å². The maximum atomic E-state index is 12.3. The number of carbonyl (C=O) groups excluding carboxylic acids is 1. The van der Waals surface area contributed by atoms with E-state index in [-0.39, 0.29) is 30.3 Å². The molecule has 0 unspecified atom stereocenters. The van der Waals surface area contributed by atoms with Crippen molar-refractivity contribution in [1.29, 1.82) is 0 Å². The number of anilines is 1. The smallest absolute Gasteiger partial charge is 0.271 e. The summed E-state index contributed by atoms with van der Waals surface area (Å²) in [5, 5.41) is 14.2. The van der Waals surface area contributed by atoms with Crippen molar-refractivity contribution in [3.63, 3.8) is 0 Å². The molecule has 0 aliphatic heterocycles. The molecule has 0 saturated heterocycles. The first-order chi connectivity index (χ1) is 14.1. The summed E-state index contributed by atoms with van der Waals surface area (Å²) >= 11 is 5.79. The van der Waals surface area contributed by atoms with Crippen LogP contribution in [-0.4, -0.2) is 52.3 Å². The van der Waals surface area contributed by atoms with Crippen LogP contribution in [0, 0.1) is 10.1 Å². The number of methoxy groups -OCH3 is 1. The second-order valence-corrected chi connectivity index (χ2v) is 8.38. The van der Waals surface area contributed by atoms with Crippen molar-refractivity contribution in [2.45, 2.75) is 0 Å². The minimum Gasteiger partial charge on any atom is -0.495 e. The zero-order chi connectivity index (χ0) is 22.3. The van der Waals surface area contributed by atoms with Crippen LogP contribution in [-0.2, 0) is 14.8 Å². The van der Waals surface area contributed by atoms with Gasteiger partial charge in [0.05, 0.1) is 24.8 Å². The Balaban J connectivity index is 2.06. The lowest BCUT2D eigenvalue weighted by atomic mass is 10.2. The van der Waals surface area contributed by atoms with Gasteiger partial charge in [-0.2, -0.15) is 0 Å². The first-order valence-corrected chi connectivity index (χ1v) is 10.8. The lowest BCUT2D eigenvalue weighted by Crippen LogP contribution is -2.41. The van der Waals surface area contributed by atoms with Gasteiger partial charge in [0.15, 0.2) is 0 Å². The Bertz CT molecular complexity index is 1010. The molecule has 1 amide bonds. The van der Waals surface area contributed by atoms with Gasteiger partial charge in [0.25, 0.3) is 5.69 Å². The lowest BCUT2D eigenvalue weighted by molar-refractivity contribution is -0.384. The van der Waals surface area contributed by atoms with E-state index in [1.807, 2.05) is 0 Å². The summed E-state index contributed by atoms with van der Waals surface area (Å²) < 4.78 is 35.8. The Labute approximate surface area is 178 Å². The third kappa shape index (κ3) is 6.49. The summed E-state index contributed by atoms with van der Waals surface area (Å²) in [5.74, 6) is 0.0197. The molecule has 10 nitrogen and oxygen atoms in total. The molecule has 30 heavy (non-hydrogen) atoms. The summed E-state index contributed by atoms with van der Waals surface area (Å²) in [7, 11) is -2.65. The minimum absolute atomic E-state index is 0.0740. The molecule has 2 rings (SSSR count). The van der Waals surface area contributed by atoms with E-state index in [0.717, 1.165) is 16.6 Å². The summed E-state index contributed by atoms with van der Waals surface area (Å²) in [6, 6.07) is 10.1. The van der Waals surface area contributed by atoms with Crippen LogP contribution in [0.2, 0.25) is 5.02 Å². The lowest BCUT2D eigenvalue weighted by Gasteiger charge is -2.23. The maximum Gasteiger partial charge on any atom is 0.271 e. The average molecular weight is 458 g/mol. The van der Waals surface area contributed by atoms with Gasteiger partial charge >= 0.3 is 0 Å². The van der Waals surface area contributed by atoms with E-state index < -0.39 is 27.4 Å². The van der Waals surface area contributed by atoms with E-state index in [1.165, 1.54) is 19.2 Å². The highest BCUT2D eigenvalue weighted by atomic mass is 35.5. The number of nitro groups is 1.